The maximum atomic E-state index is 12.4. The summed E-state index contributed by atoms with van der Waals surface area (Å²) >= 11 is 0. The third-order valence-corrected chi connectivity index (χ3v) is 3.29. The van der Waals surface area contributed by atoms with Crippen LogP contribution in [0, 0.1) is 0 Å². The molecule has 3 N–H and O–H groups in total. The number of benzene rings is 2. The van der Waals surface area contributed by atoms with Crippen LogP contribution in [0.2, 0.25) is 0 Å². The molecule has 0 atom stereocenters. The number of hydrogen-bond acceptors (Lipinski definition) is 6. The zero-order chi connectivity index (χ0) is 19.1. The first-order valence-electron chi connectivity index (χ1n) is 7.51. The second-order valence-corrected chi connectivity index (χ2v) is 5.14. The van der Waals surface area contributed by atoms with Crippen LogP contribution in [0.25, 0.3) is 0 Å². The minimum Gasteiger partial charge on any atom is -0.510 e. The molecule has 0 aliphatic carbocycles. The molecular formula is C18H17N3O5. The number of allylic oxidation sites excluding steroid dienone is 1. The Bertz CT molecular complexity index is 869. The van der Waals surface area contributed by atoms with Crippen LogP contribution in [-0.4, -0.2) is 29.2 Å². The number of amides is 1. The van der Waals surface area contributed by atoms with Crippen LogP contribution in [0.4, 0.5) is 11.4 Å². The minimum absolute atomic E-state index is 0.104. The summed E-state index contributed by atoms with van der Waals surface area (Å²) in [5.41, 5.74) is 0.573. The molecule has 134 valence electrons. The van der Waals surface area contributed by atoms with Gasteiger partial charge in [-0.3, -0.25) is 4.79 Å². The van der Waals surface area contributed by atoms with Crippen LogP contribution in [0.15, 0.2) is 70.2 Å². The molecule has 1 amide bonds. The number of methoxy groups -OCH3 is 1. The number of azo groups is 1. The fourth-order valence-electron chi connectivity index (χ4n) is 1.99. The number of nitrogens with zero attached hydrogens (tertiary/aromatic N) is 2. The number of aromatic carboxylic acids is 1. The van der Waals surface area contributed by atoms with Crippen LogP contribution < -0.4 is 10.1 Å². The Balaban J connectivity index is 2.19. The highest BCUT2D eigenvalue weighted by molar-refractivity contribution is 6.04. The van der Waals surface area contributed by atoms with E-state index in [9.17, 15) is 14.7 Å². The van der Waals surface area contributed by atoms with Crippen molar-refractivity contribution in [1.29, 1.82) is 0 Å². The molecule has 0 aliphatic rings. The number of para-hydroxylation sites is 2. The fourth-order valence-corrected chi connectivity index (χ4v) is 1.99. The van der Waals surface area contributed by atoms with Crippen molar-refractivity contribution in [2.75, 3.05) is 12.4 Å². The maximum absolute atomic E-state index is 12.4. The van der Waals surface area contributed by atoms with Gasteiger partial charge in [0.1, 0.15) is 11.5 Å². The highest BCUT2D eigenvalue weighted by atomic mass is 16.5. The maximum Gasteiger partial charge on any atom is 0.335 e. The minimum atomic E-state index is -1.06. The Labute approximate surface area is 149 Å². The molecule has 0 aliphatic heterocycles. The van der Waals surface area contributed by atoms with E-state index in [4.69, 9.17) is 9.84 Å². The van der Waals surface area contributed by atoms with Crippen molar-refractivity contribution in [3.63, 3.8) is 0 Å². The molecule has 0 heterocycles. The Morgan fingerprint density at radius 2 is 1.69 bits per heavy atom. The van der Waals surface area contributed by atoms with Gasteiger partial charge in [-0.2, -0.15) is 5.11 Å². The third-order valence-electron chi connectivity index (χ3n) is 3.29. The monoisotopic (exact) mass is 355 g/mol. The van der Waals surface area contributed by atoms with Gasteiger partial charge < -0.3 is 20.3 Å². The molecule has 0 spiro atoms. The summed E-state index contributed by atoms with van der Waals surface area (Å²) in [6.45, 7) is 1.31. The molecule has 0 saturated heterocycles. The van der Waals surface area contributed by atoms with Gasteiger partial charge >= 0.3 is 5.97 Å². The summed E-state index contributed by atoms with van der Waals surface area (Å²) in [7, 11) is 1.47. The van der Waals surface area contributed by atoms with Gasteiger partial charge in [0, 0.05) is 0 Å². The summed E-state index contributed by atoms with van der Waals surface area (Å²) in [5.74, 6) is -1.59. The highest BCUT2D eigenvalue weighted by Gasteiger charge is 2.15. The number of anilines is 1. The Morgan fingerprint density at radius 3 is 2.27 bits per heavy atom. The summed E-state index contributed by atoms with van der Waals surface area (Å²) in [5, 5.41) is 28.8. The number of carbonyl (C=O) groups is 2. The van der Waals surface area contributed by atoms with E-state index in [2.05, 4.69) is 15.5 Å². The lowest BCUT2D eigenvalue weighted by Gasteiger charge is -2.09. The standard InChI is InChI=1S/C18H17N3O5/c1-11(22)16(17(23)19-14-5-3-4-6-15(14)26-2)21-20-13-9-7-12(8-10-13)18(24)25/h3-10,22H,1-2H3,(H,19,23)(H,24,25). The molecule has 0 unspecified atom stereocenters. The first-order valence-corrected chi connectivity index (χ1v) is 7.51. The molecule has 0 saturated carbocycles. The van der Waals surface area contributed by atoms with E-state index < -0.39 is 11.9 Å². The number of carbonyl (C=O) groups excluding carboxylic acids is 1. The van der Waals surface area contributed by atoms with Crippen LogP contribution in [0.1, 0.15) is 17.3 Å². The average molecular weight is 355 g/mol. The number of hydrogen-bond donors (Lipinski definition) is 3. The zero-order valence-electron chi connectivity index (χ0n) is 14.1. The lowest BCUT2D eigenvalue weighted by atomic mass is 10.2. The van der Waals surface area contributed by atoms with Gasteiger partial charge in [-0.25, -0.2) is 4.79 Å². The quantitative estimate of drug-likeness (QED) is 0.412. The van der Waals surface area contributed by atoms with Gasteiger partial charge in [0.15, 0.2) is 5.70 Å². The smallest absolute Gasteiger partial charge is 0.335 e. The van der Waals surface area contributed by atoms with E-state index in [0.29, 0.717) is 17.1 Å². The third kappa shape index (κ3) is 4.67. The van der Waals surface area contributed by atoms with Crippen molar-refractivity contribution in [1.82, 2.24) is 0 Å². The molecule has 8 nitrogen and oxygen atoms in total. The first-order chi connectivity index (χ1) is 12.4. The molecule has 0 bridgehead atoms. The van der Waals surface area contributed by atoms with Crippen molar-refractivity contribution >= 4 is 23.3 Å². The van der Waals surface area contributed by atoms with Crippen LogP contribution >= 0.6 is 0 Å². The summed E-state index contributed by atoms with van der Waals surface area (Å²) in [6.07, 6.45) is 0. The van der Waals surface area contributed by atoms with Crippen molar-refractivity contribution in [2.24, 2.45) is 10.2 Å². The van der Waals surface area contributed by atoms with Crippen LogP contribution in [0.3, 0.4) is 0 Å². The molecule has 2 rings (SSSR count). The van der Waals surface area contributed by atoms with Gasteiger partial charge in [0.05, 0.1) is 24.0 Å². The largest absolute Gasteiger partial charge is 0.510 e. The average Bonchev–Trinajstić information content (AvgIpc) is 2.62. The highest BCUT2D eigenvalue weighted by Crippen LogP contribution is 2.24. The topological polar surface area (TPSA) is 121 Å². The van der Waals surface area contributed by atoms with Crippen LogP contribution in [-0.2, 0) is 4.79 Å². The van der Waals surface area contributed by atoms with Crippen molar-refractivity contribution < 1.29 is 24.5 Å². The zero-order valence-corrected chi connectivity index (χ0v) is 14.1. The molecule has 8 heteroatoms. The molecular weight excluding hydrogens is 338 g/mol. The fraction of sp³-hybridized carbons (Fsp3) is 0.111. The lowest BCUT2D eigenvalue weighted by Crippen LogP contribution is -2.15. The number of nitrogens with one attached hydrogen (secondary N) is 1. The van der Waals surface area contributed by atoms with Gasteiger partial charge in [0.2, 0.25) is 0 Å². The molecule has 26 heavy (non-hydrogen) atoms. The molecule has 2 aromatic rings. The van der Waals surface area contributed by atoms with E-state index >= 15 is 0 Å². The van der Waals surface area contributed by atoms with Gasteiger partial charge in [-0.05, 0) is 43.3 Å². The van der Waals surface area contributed by atoms with E-state index in [1.54, 1.807) is 24.3 Å². The van der Waals surface area contributed by atoms with Crippen molar-refractivity contribution in [3.05, 3.63) is 65.6 Å². The van der Waals surface area contributed by atoms with E-state index in [0.717, 1.165) is 0 Å². The second kappa shape index (κ2) is 8.43. The number of aliphatic hydroxyl groups excluding tert-OH is 1. The van der Waals surface area contributed by atoms with Crippen molar-refractivity contribution in [2.45, 2.75) is 6.92 Å². The van der Waals surface area contributed by atoms with E-state index in [1.807, 2.05) is 0 Å². The number of ether oxygens (including phenoxy) is 1. The summed E-state index contributed by atoms with van der Waals surface area (Å²) in [6, 6.07) is 12.4. The summed E-state index contributed by atoms with van der Waals surface area (Å²) in [4.78, 5) is 23.2. The van der Waals surface area contributed by atoms with Gasteiger partial charge in [-0.15, -0.1) is 5.11 Å². The number of carboxylic acids is 1. The van der Waals surface area contributed by atoms with Crippen LogP contribution in [0.5, 0.6) is 5.75 Å². The lowest BCUT2D eigenvalue weighted by molar-refractivity contribution is -0.113. The van der Waals surface area contributed by atoms with E-state index in [-0.39, 0.29) is 17.0 Å². The number of carboxylic acid groups (broad SMARTS) is 1. The SMILES string of the molecule is COc1ccccc1NC(=O)C(N=Nc1ccc(C(=O)O)cc1)=C(C)O. The predicted octanol–water partition coefficient (Wildman–Crippen LogP) is 3.91. The molecule has 0 fully saturated rings. The Kier molecular flexibility index (Phi) is 6.05. The van der Waals surface area contributed by atoms with E-state index in [1.165, 1.54) is 38.3 Å². The van der Waals surface area contributed by atoms with Gasteiger partial charge in [0.25, 0.3) is 5.91 Å². The molecule has 0 aromatic heterocycles. The normalized spacial score (nSPS) is 11.8. The molecule has 0 radical (unpaired) electrons. The predicted molar refractivity (Wildman–Crippen MR) is 94.9 cm³/mol. The van der Waals surface area contributed by atoms with Gasteiger partial charge in [-0.1, -0.05) is 12.1 Å². The Hall–Kier alpha value is -3.68. The second-order valence-electron chi connectivity index (χ2n) is 5.14. The Morgan fingerprint density at radius 1 is 1.04 bits per heavy atom. The summed E-state index contributed by atoms with van der Waals surface area (Å²) < 4.78 is 5.15. The first kappa shape index (κ1) is 18.7. The van der Waals surface area contributed by atoms with Crippen molar-refractivity contribution in [3.8, 4) is 5.75 Å². The molecule has 2 aromatic carbocycles. The number of aliphatic hydroxyl groups is 1. The number of rotatable bonds is 6.